The fourth-order valence-electron chi connectivity index (χ4n) is 1.74. The number of amides is 1. The Kier molecular flexibility index (Phi) is 3.45. The molecule has 0 saturated carbocycles. The molecule has 1 amide bonds. The van der Waals surface area contributed by atoms with E-state index in [9.17, 15) is 4.79 Å². The first-order valence-corrected chi connectivity index (χ1v) is 5.96. The maximum Gasteiger partial charge on any atom is 0.262 e. The molecule has 0 bridgehead atoms. The van der Waals surface area contributed by atoms with Gasteiger partial charge in [-0.2, -0.15) is 5.10 Å². The van der Waals surface area contributed by atoms with Crippen LogP contribution in [0.1, 0.15) is 41.4 Å². The minimum atomic E-state index is -0.236. The molecular weight excluding hydrogens is 232 g/mol. The number of aryl methyl sites for hydroxylation is 3. The van der Waals surface area contributed by atoms with E-state index in [1.807, 2.05) is 19.9 Å². The lowest BCUT2D eigenvalue weighted by molar-refractivity contribution is 0.102. The van der Waals surface area contributed by atoms with Gasteiger partial charge >= 0.3 is 0 Å². The Morgan fingerprint density at radius 3 is 2.83 bits per heavy atom. The standard InChI is InChI=1S/C12H16N4O2/c1-4-8-6-10(15-14-8)13-12(17)11-7(3)18-16-9(11)5-2/h6H,4-5H2,1-3H3,(H2,13,14,15,17). The van der Waals surface area contributed by atoms with E-state index >= 15 is 0 Å². The first kappa shape index (κ1) is 12.3. The zero-order valence-corrected chi connectivity index (χ0v) is 10.7. The number of nitrogens with one attached hydrogen (secondary N) is 2. The van der Waals surface area contributed by atoms with E-state index in [1.54, 1.807) is 6.92 Å². The van der Waals surface area contributed by atoms with Crippen molar-refractivity contribution in [1.82, 2.24) is 15.4 Å². The second-order valence-corrected chi connectivity index (χ2v) is 4.00. The first-order valence-electron chi connectivity index (χ1n) is 5.96. The molecule has 2 rings (SSSR count). The number of hydrogen-bond acceptors (Lipinski definition) is 4. The van der Waals surface area contributed by atoms with Gasteiger partial charge in [0.25, 0.3) is 5.91 Å². The van der Waals surface area contributed by atoms with Gasteiger partial charge in [0.05, 0.1) is 5.69 Å². The van der Waals surface area contributed by atoms with Crippen molar-refractivity contribution in [2.24, 2.45) is 0 Å². The Morgan fingerprint density at radius 1 is 1.44 bits per heavy atom. The maximum atomic E-state index is 12.1. The molecule has 2 aromatic rings. The summed E-state index contributed by atoms with van der Waals surface area (Å²) in [4.78, 5) is 12.1. The molecule has 0 aliphatic rings. The van der Waals surface area contributed by atoms with Crippen molar-refractivity contribution < 1.29 is 9.32 Å². The third-order valence-electron chi connectivity index (χ3n) is 2.75. The Hall–Kier alpha value is -2.11. The number of carbonyl (C=O) groups is 1. The number of hydrogen-bond donors (Lipinski definition) is 2. The third kappa shape index (κ3) is 2.27. The Labute approximate surface area is 105 Å². The molecule has 2 aromatic heterocycles. The molecule has 18 heavy (non-hydrogen) atoms. The van der Waals surface area contributed by atoms with Crippen LogP contribution in [0.4, 0.5) is 5.82 Å². The van der Waals surface area contributed by atoms with Crippen molar-refractivity contribution in [3.63, 3.8) is 0 Å². The normalized spacial score (nSPS) is 10.6. The van der Waals surface area contributed by atoms with Gasteiger partial charge in [-0.15, -0.1) is 0 Å². The molecule has 0 aliphatic heterocycles. The fraction of sp³-hybridized carbons (Fsp3) is 0.417. The SMILES string of the molecule is CCc1cc(NC(=O)c2c(CC)noc2C)n[nH]1. The molecule has 0 unspecified atom stereocenters. The Bertz CT molecular complexity index is 556. The summed E-state index contributed by atoms with van der Waals surface area (Å²) in [5.74, 6) is 0.801. The largest absolute Gasteiger partial charge is 0.361 e. The van der Waals surface area contributed by atoms with Gasteiger partial charge in [0.15, 0.2) is 5.82 Å². The van der Waals surface area contributed by atoms with Crippen molar-refractivity contribution >= 4 is 11.7 Å². The van der Waals surface area contributed by atoms with Crippen LogP contribution < -0.4 is 5.32 Å². The first-order chi connectivity index (χ1) is 8.65. The number of carbonyl (C=O) groups excluding carboxylic acids is 1. The van der Waals surface area contributed by atoms with Gasteiger partial charge in [0.2, 0.25) is 0 Å². The van der Waals surface area contributed by atoms with E-state index in [0.717, 1.165) is 12.1 Å². The Balaban J connectivity index is 2.18. The number of aromatic nitrogens is 3. The van der Waals surface area contributed by atoms with Gasteiger partial charge in [0.1, 0.15) is 11.3 Å². The zero-order valence-electron chi connectivity index (χ0n) is 10.7. The molecule has 0 aromatic carbocycles. The van der Waals surface area contributed by atoms with Gasteiger partial charge in [-0.25, -0.2) is 0 Å². The highest BCUT2D eigenvalue weighted by molar-refractivity contribution is 6.05. The van der Waals surface area contributed by atoms with Crippen LogP contribution in [0.25, 0.3) is 0 Å². The molecule has 0 spiro atoms. The van der Waals surface area contributed by atoms with E-state index < -0.39 is 0 Å². The Morgan fingerprint density at radius 2 is 2.22 bits per heavy atom. The quantitative estimate of drug-likeness (QED) is 0.867. The summed E-state index contributed by atoms with van der Waals surface area (Å²) in [6.07, 6.45) is 1.50. The van der Waals surface area contributed by atoms with Gasteiger partial charge < -0.3 is 9.84 Å². The van der Waals surface area contributed by atoms with Gasteiger partial charge in [-0.05, 0) is 19.8 Å². The number of H-pyrrole nitrogens is 1. The predicted molar refractivity (Wildman–Crippen MR) is 66.5 cm³/mol. The van der Waals surface area contributed by atoms with Gasteiger partial charge in [-0.3, -0.25) is 9.89 Å². The molecule has 0 fully saturated rings. The maximum absolute atomic E-state index is 12.1. The van der Waals surface area contributed by atoms with Crippen molar-refractivity contribution in [3.05, 3.63) is 28.8 Å². The monoisotopic (exact) mass is 248 g/mol. The van der Waals surface area contributed by atoms with Crippen LogP contribution in [0, 0.1) is 6.92 Å². The minimum absolute atomic E-state index is 0.236. The molecule has 2 N–H and O–H groups in total. The summed E-state index contributed by atoms with van der Waals surface area (Å²) in [5, 5.41) is 13.4. The summed E-state index contributed by atoms with van der Waals surface area (Å²) in [6.45, 7) is 5.67. The second kappa shape index (κ2) is 5.03. The molecule has 0 aliphatic carbocycles. The highest BCUT2D eigenvalue weighted by Gasteiger charge is 2.19. The number of aromatic amines is 1. The van der Waals surface area contributed by atoms with Gasteiger partial charge in [0, 0.05) is 11.8 Å². The van der Waals surface area contributed by atoms with Crippen molar-refractivity contribution in [2.45, 2.75) is 33.6 Å². The molecule has 2 heterocycles. The lowest BCUT2D eigenvalue weighted by Gasteiger charge is -2.00. The van der Waals surface area contributed by atoms with E-state index in [4.69, 9.17) is 4.52 Å². The van der Waals surface area contributed by atoms with Crippen LogP contribution in [0.3, 0.4) is 0 Å². The van der Waals surface area contributed by atoms with E-state index in [1.165, 1.54) is 0 Å². The van der Waals surface area contributed by atoms with Crippen molar-refractivity contribution in [1.29, 1.82) is 0 Å². The molecule has 0 saturated heterocycles. The summed E-state index contributed by atoms with van der Waals surface area (Å²) < 4.78 is 5.03. The lowest BCUT2D eigenvalue weighted by atomic mass is 10.1. The lowest BCUT2D eigenvalue weighted by Crippen LogP contribution is -2.14. The third-order valence-corrected chi connectivity index (χ3v) is 2.75. The van der Waals surface area contributed by atoms with Crippen LogP contribution in [0.15, 0.2) is 10.6 Å². The van der Waals surface area contributed by atoms with Crippen LogP contribution in [-0.2, 0) is 12.8 Å². The highest BCUT2D eigenvalue weighted by atomic mass is 16.5. The average Bonchev–Trinajstić information content (AvgIpc) is 2.95. The van der Waals surface area contributed by atoms with Crippen LogP contribution in [-0.4, -0.2) is 21.3 Å². The molecular formula is C12H16N4O2. The molecule has 6 nitrogen and oxygen atoms in total. The summed E-state index contributed by atoms with van der Waals surface area (Å²) >= 11 is 0. The van der Waals surface area contributed by atoms with E-state index in [0.29, 0.717) is 29.3 Å². The van der Waals surface area contributed by atoms with Crippen molar-refractivity contribution in [3.8, 4) is 0 Å². The molecule has 96 valence electrons. The molecule has 6 heteroatoms. The van der Waals surface area contributed by atoms with Crippen LogP contribution in [0.5, 0.6) is 0 Å². The topological polar surface area (TPSA) is 83.8 Å². The number of nitrogens with zero attached hydrogens (tertiary/aromatic N) is 2. The summed E-state index contributed by atoms with van der Waals surface area (Å²) in [6, 6.07) is 1.81. The highest BCUT2D eigenvalue weighted by Crippen LogP contribution is 2.16. The summed E-state index contributed by atoms with van der Waals surface area (Å²) in [5.41, 5.74) is 2.14. The van der Waals surface area contributed by atoms with Crippen LogP contribution >= 0.6 is 0 Å². The number of anilines is 1. The number of rotatable bonds is 4. The van der Waals surface area contributed by atoms with E-state index in [-0.39, 0.29) is 5.91 Å². The zero-order chi connectivity index (χ0) is 13.1. The fourth-order valence-corrected chi connectivity index (χ4v) is 1.74. The molecule has 0 atom stereocenters. The van der Waals surface area contributed by atoms with Crippen LogP contribution in [0.2, 0.25) is 0 Å². The predicted octanol–water partition coefficient (Wildman–Crippen LogP) is 2.08. The average molecular weight is 248 g/mol. The summed E-state index contributed by atoms with van der Waals surface area (Å²) in [7, 11) is 0. The second-order valence-electron chi connectivity index (χ2n) is 4.00. The van der Waals surface area contributed by atoms with Crippen molar-refractivity contribution in [2.75, 3.05) is 5.32 Å². The minimum Gasteiger partial charge on any atom is -0.361 e. The van der Waals surface area contributed by atoms with Gasteiger partial charge in [-0.1, -0.05) is 19.0 Å². The smallest absolute Gasteiger partial charge is 0.262 e. The van der Waals surface area contributed by atoms with E-state index in [2.05, 4.69) is 20.7 Å². The molecule has 0 radical (unpaired) electrons.